The topological polar surface area (TPSA) is 46.3 Å². The van der Waals surface area contributed by atoms with E-state index in [-0.39, 0.29) is 11.9 Å². The Kier molecular flexibility index (Phi) is 4.60. The van der Waals surface area contributed by atoms with Crippen LogP contribution in [0.15, 0.2) is 24.3 Å². The van der Waals surface area contributed by atoms with Crippen molar-refractivity contribution in [2.24, 2.45) is 17.6 Å². The third-order valence-electron chi connectivity index (χ3n) is 5.55. The van der Waals surface area contributed by atoms with Crippen molar-refractivity contribution < 1.29 is 18.0 Å². The van der Waals surface area contributed by atoms with Crippen LogP contribution in [0.25, 0.3) is 0 Å². The molecule has 0 bridgehead atoms. The van der Waals surface area contributed by atoms with Gasteiger partial charge in [-0.15, -0.1) is 0 Å². The molecule has 132 valence electrons. The highest BCUT2D eigenvalue weighted by molar-refractivity contribution is 5.84. The van der Waals surface area contributed by atoms with Gasteiger partial charge in [0, 0.05) is 19.1 Å². The second kappa shape index (κ2) is 6.39. The Balaban J connectivity index is 1.78. The molecule has 0 aromatic heterocycles. The first-order valence-corrected chi connectivity index (χ1v) is 8.52. The second-order valence-corrected chi connectivity index (χ2v) is 6.99. The van der Waals surface area contributed by atoms with E-state index in [0.29, 0.717) is 36.9 Å². The van der Waals surface area contributed by atoms with Crippen molar-refractivity contribution in [3.05, 3.63) is 35.4 Å². The summed E-state index contributed by atoms with van der Waals surface area (Å²) in [5.74, 6) is 0.191. The number of benzene rings is 1. The number of fused-ring (bicyclic) bond motifs is 1. The van der Waals surface area contributed by atoms with Crippen LogP contribution in [0.1, 0.15) is 43.2 Å². The van der Waals surface area contributed by atoms with Crippen molar-refractivity contribution in [2.45, 2.75) is 44.3 Å². The highest BCUT2D eigenvalue weighted by Gasteiger charge is 2.43. The number of hydrogen-bond acceptors (Lipinski definition) is 2. The first-order valence-electron chi connectivity index (χ1n) is 8.52. The van der Waals surface area contributed by atoms with Gasteiger partial charge >= 0.3 is 6.18 Å². The Morgan fingerprint density at radius 2 is 2.08 bits per heavy atom. The van der Waals surface area contributed by atoms with Crippen LogP contribution in [-0.4, -0.2) is 29.9 Å². The minimum Gasteiger partial charge on any atom is -0.342 e. The fourth-order valence-corrected chi connectivity index (χ4v) is 4.19. The molecule has 1 aliphatic heterocycles. The van der Waals surface area contributed by atoms with E-state index >= 15 is 0 Å². The SMILES string of the molecule is CCC(C(=O)N1CC2CCC(N)C2C1)c1cccc(C(F)(F)F)c1. The molecule has 2 fully saturated rings. The molecule has 3 nitrogen and oxygen atoms in total. The molecule has 1 amide bonds. The van der Waals surface area contributed by atoms with Crippen molar-refractivity contribution >= 4 is 5.91 Å². The molecule has 6 heteroatoms. The number of carbonyl (C=O) groups excluding carboxylic acids is 1. The van der Waals surface area contributed by atoms with Crippen LogP contribution in [0.5, 0.6) is 0 Å². The number of rotatable bonds is 3. The van der Waals surface area contributed by atoms with Gasteiger partial charge in [0.2, 0.25) is 5.91 Å². The summed E-state index contributed by atoms with van der Waals surface area (Å²) in [6.07, 6.45) is -1.87. The summed E-state index contributed by atoms with van der Waals surface area (Å²) in [5, 5.41) is 0. The van der Waals surface area contributed by atoms with Crippen molar-refractivity contribution in [1.29, 1.82) is 0 Å². The van der Waals surface area contributed by atoms with Gasteiger partial charge in [0.05, 0.1) is 11.5 Å². The second-order valence-electron chi connectivity index (χ2n) is 6.99. The molecule has 4 atom stereocenters. The summed E-state index contributed by atoms with van der Waals surface area (Å²) in [7, 11) is 0. The van der Waals surface area contributed by atoms with Crippen molar-refractivity contribution in [3.8, 4) is 0 Å². The molecule has 0 radical (unpaired) electrons. The number of nitrogens with two attached hydrogens (primary N) is 1. The summed E-state index contributed by atoms with van der Waals surface area (Å²) in [6.45, 7) is 3.16. The van der Waals surface area contributed by atoms with Crippen LogP contribution in [0.3, 0.4) is 0 Å². The lowest BCUT2D eigenvalue weighted by Crippen LogP contribution is -2.36. The molecular weight excluding hydrogens is 317 g/mol. The van der Waals surface area contributed by atoms with E-state index in [1.54, 1.807) is 6.07 Å². The molecule has 2 aliphatic rings. The minimum atomic E-state index is -4.39. The normalized spacial score (nSPS) is 28.0. The third kappa shape index (κ3) is 3.16. The van der Waals surface area contributed by atoms with Gasteiger partial charge in [-0.3, -0.25) is 4.79 Å². The van der Waals surface area contributed by atoms with Crippen molar-refractivity contribution in [2.75, 3.05) is 13.1 Å². The van der Waals surface area contributed by atoms with Crippen LogP contribution in [0.2, 0.25) is 0 Å². The van der Waals surface area contributed by atoms with Gasteiger partial charge in [-0.2, -0.15) is 13.2 Å². The molecule has 1 aromatic rings. The molecule has 1 aromatic carbocycles. The average molecular weight is 340 g/mol. The third-order valence-corrected chi connectivity index (χ3v) is 5.55. The number of alkyl halides is 3. The van der Waals surface area contributed by atoms with E-state index in [0.717, 1.165) is 25.0 Å². The number of amides is 1. The van der Waals surface area contributed by atoms with Crippen LogP contribution in [0, 0.1) is 11.8 Å². The molecule has 3 rings (SSSR count). The zero-order chi connectivity index (χ0) is 17.5. The molecule has 1 saturated carbocycles. The van der Waals surface area contributed by atoms with Gasteiger partial charge in [-0.05, 0) is 42.7 Å². The average Bonchev–Trinajstić information content (AvgIpc) is 3.10. The van der Waals surface area contributed by atoms with E-state index in [4.69, 9.17) is 5.73 Å². The largest absolute Gasteiger partial charge is 0.416 e. The zero-order valence-corrected chi connectivity index (χ0v) is 13.7. The monoisotopic (exact) mass is 340 g/mol. The minimum absolute atomic E-state index is 0.0709. The maximum atomic E-state index is 12.9. The van der Waals surface area contributed by atoms with Gasteiger partial charge in [0.15, 0.2) is 0 Å². The standard InChI is InChI=1S/C18H23F3N2O/c1-2-14(11-4-3-5-13(8-11)18(19,20)21)17(24)23-9-12-6-7-16(22)15(12)10-23/h3-5,8,12,14-16H,2,6-7,9-10,22H2,1H3. The Morgan fingerprint density at radius 1 is 1.33 bits per heavy atom. The van der Waals surface area contributed by atoms with E-state index in [2.05, 4.69) is 0 Å². The van der Waals surface area contributed by atoms with Crippen molar-refractivity contribution in [3.63, 3.8) is 0 Å². The van der Waals surface area contributed by atoms with Gasteiger partial charge in [-0.25, -0.2) is 0 Å². The van der Waals surface area contributed by atoms with Crippen molar-refractivity contribution in [1.82, 2.24) is 4.90 Å². The number of nitrogens with zero attached hydrogens (tertiary/aromatic N) is 1. The number of likely N-dealkylation sites (tertiary alicyclic amines) is 1. The zero-order valence-electron chi connectivity index (χ0n) is 13.7. The van der Waals surface area contributed by atoms with E-state index in [9.17, 15) is 18.0 Å². The fraction of sp³-hybridized carbons (Fsp3) is 0.611. The Morgan fingerprint density at radius 3 is 2.71 bits per heavy atom. The van der Waals surface area contributed by atoms with Gasteiger partial charge < -0.3 is 10.6 Å². The summed E-state index contributed by atoms with van der Waals surface area (Å²) in [6, 6.07) is 5.28. The van der Waals surface area contributed by atoms with E-state index < -0.39 is 17.7 Å². The maximum Gasteiger partial charge on any atom is 0.416 e. The maximum absolute atomic E-state index is 12.9. The molecule has 24 heavy (non-hydrogen) atoms. The summed E-state index contributed by atoms with van der Waals surface area (Å²) in [4.78, 5) is 14.7. The molecule has 1 heterocycles. The summed E-state index contributed by atoms with van der Waals surface area (Å²) in [5.41, 5.74) is 5.85. The lowest BCUT2D eigenvalue weighted by atomic mass is 9.93. The molecular formula is C18H23F3N2O. The number of halogens is 3. The highest BCUT2D eigenvalue weighted by atomic mass is 19.4. The van der Waals surface area contributed by atoms with E-state index in [1.807, 2.05) is 11.8 Å². The lowest BCUT2D eigenvalue weighted by Gasteiger charge is -2.25. The molecule has 1 saturated heterocycles. The van der Waals surface area contributed by atoms with Crippen LogP contribution in [0.4, 0.5) is 13.2 Å². The quantitative estimate of drug-likeness (QED) is 0.917. The van der Waals surface area contributed by atoms with Crippen LogP contribution >= 0.6 is 0 Å². The Hall–Kier alpha value is -1.56. The van der Waals surface area contributed by atoms with Gasteiger partial charge in [0.25, 0.3) is 0 Å². The predicted octanol–water partition coefficient (Wildman–Crippen LogP) is 3.39. The molecule has 2 N–H and O–H groups in total. The number of carbonyl (C=O) groups is 1. The first-order chi connectivity index (χ1) is 11.3. The summed E-state index contributed by atoms with van der Waals surface area (Å²) < 4.78 is 38.8. The Labute approximate surface area is 140 Å². The molecule has 0 spiro atoms. The highest BCUT2D eigenvalue weighted by Crippen LogP contribution is 2.39. The fourth-order valence-electron chi connectivity index (χ4n) is 4.19. The number of hydrogen-bond donors (Lipinski definition) is 1. The first kappa shape index (κ1) is 17.3. The molecule has 1 aliphatic carbocycles. The Bertz CT molecular complexity index is 617. The smallest absolute Gasteiger partial charge is 0.342 e. The van der Waals surface area contributed by atoms with Crippen LogP contribution in [-0.2, 0) is 11.0 Å². The lowest BCUT2D eigenvalue weighted by molar-refractivity contribution is -0.138. The van der Waals surface area contributed by atoms with Crippen LogP contribution < -0.4 is 5.73 Å². The molecule has 4 unspecified atom stereocenters. The summed E-state index contributed by atoms with van der Waals surface area (Å²) >= 11 is 0. The van der Waals surface area contributed by atoms with Gasteiger partial charge in [-0.1, -0.05) is 25.1 Å². The van der Waals surface area contributed by atoms with Gasteiger partial charge in [0.1, 0.15) is 0 Å². The predicted molar refractivity (Wildman–Crippen MR) is 85.2 cm³/mol. The van der Waals surface area contributed by atoms with E-state index in [1.165, 1.54) is 6.07 Å².